The Morgan fingerprint density at radius 2 is 1.83 bits per heavy atom. The Hall–Kier alpha value is -0.803. The van der Waals surface area contributed by atoms with E-state index in [1.807, 2.05) is 37.4 Å². The molecule has 66 valence electrons. The van der Waals surface area contributed by atoms with Gasteiger partial charge in [-0.3, -0.25) is 0 Å². The van der Waals surface area contributed by atoms with Crippen molar-refractivity contribution in [2.24, 2.45) is 0 Å². The van der Waals surface area contributed by atoms with Crippen LogP contribution < -0.4 is 9.92 Å². The topological polar surface area (TPSA) is 29.5 Å². The van der Waals surface area contributed by atoms with E-state index >= 15 is 0 Å². The minimum atomic E-state index is -2.22. The summed E-state index contributed by atoms with van der Waals surface area (Å²) < 4.78 is 5.15. The van der Waals surface area contributed by atoms with Gasteiger partial charge in [-0.2, -0.15) is 0 Å². The van der Waals surface area contributed by atoms with E-state index in [0.717, 1.165) is 10.9 Å². The average Bonchev–Trinajstić information content (AvgIpc) is 2.03. The van der Waals surface area contributed by atoms with E-state index in [-0.39, 0.29) is 0 Å². The SMILES string of the molecule is COc1ccccc1[Si](C)(C)O. The van der Waals surface area contributed by atoms with Crippen molar-refractivity contribution in [3.05, 3.63) is 24.3 Å². The van der Waals surface area contributed by atoms with Crippen molar-refractivity contribution < 1.29 is 9.53 Å². The Morgan fingerprint density at radius 3 is 2.25 bits per heavy atom. The van der Waals surface area contributed by atoms with Crippen LogP contribution in [0.3, 0.4) is 0 Å². The predicted molar refractivity (Wildman–Crippen MR) is 52.3 cm³/mol. The first-order valence-corrected chi connectivity index (χ1v) is 6.86. The molecule has 0 spiro atoms. The Balaban J connectivity index is 3.14. The average molecular weight is 182 g/mol. The fraction of sp³-hybridized carbons (Fsp3) is 0.333. The number of hydrogen-bond acceptors (Lipinski definition) is 2. The zero-order valence-corrected chi connectivity index (χ0v) is 8.66. The summed E-state index contributed by atoms with van der Waals surface area (Å²) in [6, 6.07) is 7.62. The molecule has 0 aliphatic heterocycles. The van der Waals surface area contributed by atoms with Gasteiger partial charge in [-0.1, -0.05) is 18.2 Å². The number of rotatable bonds is 2. The van der Waals surface area contributed by atoms with Gasteiger partial charge < -0.3 is 9.53 Å². The lowest BCUT2D eigenvalue weighted by Crippen LogP contribution is -2.42. The highest BCUT2D eigenvalue weighted by atomic mass is 28.4. The number of para-hydroxylation sites is 1. The van der Waals surface area contributed by atoms with Crippen LogP contribution in [0.1, 0.15) is 0 Å². The molecular weight excluding hydrogens is 168 g/mol. The van der Waals surface area contributed by atoms with Crippen LogP contribution in [-0.4, -0.2) is 20.2 Å². The lowest BCUT2D eigenvalue weighted by molar-refractivity contribution is 0.416. The van der Waals surface area contributed by atoms with Crippen molar-refractivity contribution in [2.45, 2.75) is 13.1 Å². The molecular formula is C9H14O2Si. The third-order valence-corrected chi connectivity index (χ3v) is 3.50. The zero-order valence-electron chi connectivity index (χ0n) is 7.66. The highest BCUT2D eigenvalue weighted by Gasteiger charge is 2.23. The summed E-state index contributed by atoms with van der Waals surface area (Å²) in [7, 11) is -0.600. The highest BCUT2D eigenvalue weighted by Crippen LogP contribution is 2.10. The molecule has 0 aromatic heterocycles. The quantitative estimate of drug-likeness (QED) is 0.694. The van der Waals surface area contributed by atoms with Crippen molar-refractivity contribution >= 4 is 13.5 Å². The third kappa shape index (κ3) is 1.87. The standard InChI is InChI=1S/C9H14O2Si/c1-11-8-6-4-5-7-9(8)12(2,3)10/h4-7,10H,1-3H3. The second kappa shape index (κ2) is 3.29. The maximum atomic E-state index is 9.86. The highest BCUT2D eigenvalue weighted by molar-refractivity contribution is 6.83. The van der Waals surface area contributed by atoms with Crippen LogP contribution in [0.15, 0.2) is 24.3 Å². The lowest BCUT2D eigenvalue weighted by Gasteiger charge is -2.17. The van der Waals surface area contributed by atoms with Gasteiger partial charge in [0.1, 0.15) is 5.75 Å². The van der Waals surface area contributed by atoms with E-state index in [9.17, 15) is 4.80 Å². The van der Waals surface area contributed by atoms with Gasteiger partial charge in [0.15, 0.2) is 0 Å². The van der Waals surface area contributed by atoms with Gasteiger partial charge in [0.05, 0.1) is 7.11 Å². The second-order valence-electron chi connectivity index (χ2n) is 3.26. The Bertz CT molecular complexity index is 265. The van der Waals surface area contributed by atoms with Gasteiger partial charge in [-0.15, -0.1) is 0 Å². The van der Waals surface area contributed by atoms with Crippen LogP contribution in [0.4, 0.5) is 0 Å². The molecule has 0 amide bonds. The van der Waals surface area contributed by atoms with Gasteiger partial charge in [-0.05, 0) is 19.2 Å². The zero-order chi connectivity index (χ0) is 9.19. The fourth-order valence-corrected chi connectivity index (χ4v) is 2.44. The first kappa shape index (κ1) is 9.29. The Morgan fingerprint density at radius 1 is 1.25 bits per heavy atom. The molecule has 0 fully saturated rings. The molecule has 3 heteroatoms. The van der Waals surface area contributed by atoms with Gasteiger partial charge in [-0.25, -0.2) is 0 Å². The smallest absolute Gasteiger partial charge is 0.217 e. The maximum absolute atomic E-state index is 9.86. The predicted octanol–water partition coefficient (Wildman–Crippen LogP) is 1.10. The molecule has 0 saturated heterocycles. The molecule has 2 nitrogen and oxygen atoms in total. The van der Waals surface area contributed by atoms with Crippen LogP contribution in [-0.2, 0) is 0 Å². The van der Waals surface area contributed by atoms with Crippen molar-refractivity contribution in [2.75, 3.05) is 7.11 Å². The van der Waals surface area contributed by atoms with E-state index in [4.69, 9.17) is 4.74 Å². The first-order chi connectivity index (χ1) is 5.55. The largest absolute Gasteiger partial charge is 0.497 e. The molecule has 1 aromatic rings. The summed E-state index contributed by atoms with van der Waals surface area (Å²) in [6.45, 7) is 3.76. The van der Waals surface area contributed by atoms with E-state index in [0.29, 0.717) is 0 Å². The first-order valence-electron chi connectivity index (χ1n) is 3.91. The van der Waals surface area contributed by atoms with E-state index < -0.39 is 8.32 Å². The summed E-state index contributed by atoms with van der Waals surface area (Å²) in [5, 5.41) is 0.951. The van der Waals surface area contributed by atoms with Crippen LogP contribution in [0.5, 0.6) is 5.75 Å². The fourth-order valence-electron chi connectivity index (χ4n) is 1.15. The van der Waals surface area contributed by atoms with E-state index in [2.05, 4.69) is 0 Å². The molecule has 0 bridgehead atoms. The third-order valence-electron chi connectivity index (χ3n) is 1.77. The molecule has 0 unspecified atom stereocenters. The maximum Gasteiger partial charge on any atom is 0.217 e. The van der Waals surface area contributed by atoms with E-state index in [1.165, 1.54) is 0 Å². The van der Waals surface area contributed by atoms with Crippen LogP contribution in [0, 0.1) is 0 Å². The van der Waals surface area contributed by atoms with Crippen molar-refractivity contribution in [1.82, 2.24) is 0 Å². The van der Waals surface area contributed by atoms with Crippen molar-refractivity contribution in [3.63, 3.8) is 0 Å². The summed E-state index contributed by atoms with van der Waals surface area (Å²) in [4.78, 5) is 9.86. The molecule has 1 N–H and O–H groups in total. The molecule has 1 aromatic carbocycles. The normalized spacial score (nSPS) is 11.3. The van der Waals surface area contributed by atoms with Gasteiger partial charge in [0.2, 0.25) is 8.32 Å². The lowest BCUT2D eigenvalue weighted by atomic mass is 10.3. The summed E-state index contributed by atoms with van der Waals surface area (Å²) in [6.07, 6.45) is 0. The summed E-state index contributed by atoms with van der Waals surface area (Å²) in [5.74, 6) is 0.789. The van der Waals surface area contributed by atoms with Crippen LogP contribution >= 0.6 is 0 Å². The van der Waals surface area contributed by atoms with Crippen molar-refractivity contribution in [3.8, 4) is 5.75 Å². The second-order valence-corrected chi connectivity index (χ2v) is 6.92. The minimum absolute atomic E-state index is 0.789. The monoisotopic (exact) mass is 182 g/mol. The van der Waals surface area contributed by atoms with Crippen LogP contribution in [0.25, 0.3) is 0 Å². The molecule has 0 aliphatic rings. The number of ether oxygens (including phenoxy) is 1. The molecule has 0 atom stereocenters. The Kier molecular flexibility index (Phi) is 2.54. The molecule has 1 rings (SSSR count). The number of hydrogen-bond donors (Lipinski definition) is 1. The molecule has 0 aliphatic carbocycles. The number of benzene rings is 1. The molecule has 12 heavy (non-hydrogen) atoms. The molecule has 0 heterocycles. The minimum Gasteiger partial charge on any atom is -0.497 e. The van der Waals surface area contributed by atoms with Gasteiger partial charge in [0.25, 0.3) is 0 Å². The summed E-state index contributed by atoms with van der Waals surface area (Å²) >= 11 is 0. The molecule has 0 saturated carbocycles. The number of methoxy groups -OCH3 is 1. The van der Waals surface area contributed by atoms with Crippen LogP contribution in [0.2, 0.25) is 13.1 Å². The van der Waals surface area contributed by atoms with Gasteiger partial charge in [0, 0.05) is 5.19 Å². The van der Waals surface area contributed by atoms with E-state index in [1.54, 1.807) is 7.11 Å². The Labute approximate surface area is 73.9 Å². The van der Waals surface area contributed by atoms with Gasteiger partial charge >= 0.3 is 0 Å². The summed E-state index contributed by atoms with van der Waals surface area (Å²) in [5.41, 5.74) is 0. The molecule has 0 radical (unpaired) electrons. The van der Waals surface area contributed by atoms with Crippen molar-refractivity contribution in [1.29, 1.82) is 0 Å².